The van der Waals surface area contributed by atoms with Gasteiger partial charge in [0.25, 0.3) is 0 Å². The summed E-state index contributed by atoms with van der Waals surface area (Å²) in [6, 6.07) is -0.0289. The van der Waals surface area contributed by atoms with Gasteiger partial charge in [-0.15, -0.1) is 0 Å². The molecule has 0 amide bonds. The summed E-state index contributed by atoms with van der Waals surface area (Å²) in [7, 11) is 0. The molecule has 3 rings (SSSR count). The third kappa shape index (κ3) is 2.37. The molecule has 0 bridgehead atoms. The lowest BCUT2D eigenvalue weighted by Gasteiger charge is -2.28. The van der Waals surface area contributed by atoms with Crippen molar-refractivity contribution in [1.29, 1.82) is 0 Å². The van der Waals surface area contributed by atoms with Gasteiger partial charge >= 0.3 is 0 Å². The molecule has 0 aliphatic heterocycles. The van der Waals surface area contributed by atoms with Crippen molar-refractivity contribution in [1.82, 2.24) is 10.1 Å². The van der Waals surface area contributed by atoms with E-state index in [1.807, 2.05) is 0 Å². The van der Waals surface area contributed by atoms with Gasteiger partial charge in [-0.25, -0.2) is 0 Å². The summed E-state index contributed by atoms with van der Waals surface area (Å²) in [6.45, 7) is 2.32. The first-order valence-corrected chi connectivity index (χ1v) is 6.83. The van der Waals surface area contributed by atoms with Gasteiger partial charge in [0.2, 0.25) is 5.89 Å². The van der Waals surface area contributed by atoms with Gasteiger partial charge in [-0.2, -0.15) is 4.98 Å². The van der Waals surface area contributed by atoms with E-state index in [0.717, 1.165) is 17.6 Å². The highest BCUT2D eigenvalue weighted by Gasteiger charge is 2.32. The first-order valence-electron chi connectivity index (χ1n) is 6.83. The van der Waals surface area contributed by atoms with Gasteiger partial charge in [0.05, 0.1) is 6.04 Å². The van der Waals surface area contributed by atoms with Crippen LogP contribution in [-0.4, -0.2) is 10.1 Å². The van der Waals surface area contributed by atoms with Gasteiger partial charge in [-0.05, 0) is 37.5 Å². The molecule has 1 atom stereocenters. The van der Waals surface area contributed by atoms with Crippen LogP contribution in [-0.2, 0) is 0 Å². The SMILES string of the molecule is CC1CCC(C(N)c2noc(C3CC3)n2)CC1. The van der Waals surface area contributed by atoms with Gasteiger partial charge in [0, 0.05) is 5.92 Å². The fraction of sp³-hybridized carbons (Fsp3) is 0.846. The van der Waals surface area contributed by atoms with E-state index in [1.54, 1.807) is 0 Å². The Labute approximate surface area is 102 Å². The molecule has 0 spiro atoms. The van der Waals surface area contributed by atoms with E-state index in [1.165, 1.54) is 38.5 Å². The lowest BCUT2D eigenvalue weighted by atomic mass is 9.79. The minimum absolute atomic E-state index is 0.0289. The van der Waals surface area contributed by atoms with Gasteiger partial charge in [0.15, 0.2) is 5.82 Å². The minimum Gasteiger partial charge on any atom is -0.339 e. The van der Waals surface area contributed by atoms with E-state index in [9.17, 15) is 0 Å². The van der Waals surface area contributed by atoms with Crippen LogP contribution in [0.3, 0.4) is 0 Å². The Balaban J connectivity index is 1.65. The second kappa shape index (κ2) is 4.41. The second-order valence-electron chi connectivity index (χ2n) is 5.81. The monoisotopic (exact) mass is 235 g/mol. The lowest BCUT2D eigenvalue weighted by molar-refractivity contribution is 0.247. The van der Waals surface area contributed by atoms with E-state index in [4.69, 9.17) is 10.3 Å². The number of hydrogen-bond donors (Lipinski definition) is 1. The maximum atomic E-state index is 6.26. The molecule has 2 N–H and O–H groups in total. The molecule has 2 saturated carbocycles. The van der Waals surface area contributed by atoms with Crippen molar-refractivity contribution in [3.8, 4) is 0 Å². The van der Waals surface area contributed by atoms with Gasteiger partial charge in [-0.3, -0.25) is 0 Å². The first-order chi connectivity index (χ1) is 8.24. The normalized spacial score (nSPS) is 31.4. The Morgan fingerprint density at radius 3 is 2.53 bits per heavy atom. The predicted octanol–water partition coefficient (Wildman–Crippen LogP) is 2.77. The van der Waals surface area contributed by atoms with Crippen molar-refractivity contribution in [3.05, 3.63) is 11.7 Å². The molecule has 1 aromatic heterocycles. The number of rotatable bonds is 3. The van der Waals surface area contributed by atoms with E-state index in [-0.39, 0.29) is 6.04 Å². The number of nitrogens with zero attached hydrogens (tertiary/aromatic N) is 2. The Morgan fingerprint density at radius 2 is 1.88 bits per heavy atom. The molecule has 1 heterocycles. The highest BCUT2D eigenvalue weighted by atomic mass is 16.5. The molecule has 94 valence electrons. The molecule has 0 radical (unpaired) electrons. The maximum Gasteiger partial charge on any atom is 0.229 e. The van der Waals surface area contributed by atoms with Gasteiger partial charge in [0.1, 0.15) is 0 Å². The Hall–Kier alpha value is -0.900. The summed E-state index contributed by atoms with van der Waals surface area (Å²) in [5.41, 5.74) is 6.26. The molecule has 17 heavy (non-hydrogen) atoms. The van der Waals surface area contributed by atoms with Crippen LogP contribution < -0.4 is 5.73 Å². The fourth-order valence-electron chi connectivity index (χ4n) is 2.73. The van der Waals surface area contributed by atoms with Crippen LogP contribution in [0.15, 0.2) is 4.52 Å². The quantitative estimate of drug-likeness (QED) is 0.874. The van der Waals surface area contributed by atoms with Crippen LogP contribution in [0, 0.1) is 11.8 Å². The first kappa shape index (κ1) is 11.2. The molecule has 0 aromatic carbocycles. The van der Waals surface area contributed by atoms with Crippen LogP contribution in [0.4, 0.5) is 0 Å². The molecular formula is C13H21N3O. The molecule has 1 unspecified atom stereocenters. The smallest absolute Gasteiger partial charge is 0.229 e. The van der Waals surface area contributed by atoms with Crippen LogP contribution >= 0.6 is 0 Å². The molecule has 2 fully saturated rings. The summed E-state index contributed by atoms with van der Waals surface area (Å²) < 4.78 is 5.28. The average molecular weight is 235 g/mol. The van der Waals surface area contributed by atoms with Crippen LogP contribution in [0.5, 0.6) is 0 Å². The van der Waals surface area contributed by atoms with Crippen molar-refractivity contribution in [2.75, 3.05) is 0 Å². The molecule has 2 aliphatic carbocycles. The fourth-order valence-corrected chi connectivity index (χ4v) is 2.73. The summed E-state index contributed by atoms with van der Waals surface area (Å²) in [4.78, 5) is 4.46. The van der Waals surface area contributed by atoms with E-state index < -0.39 is 0 Å². The molecular weight excluding hydrogens is 214 g/mol. The van der Waals surface area contributed by atoms with E-state index in [0.29, 0.717) is 11.8 Å². The minimum atomic E-state index is -0.0289. The number of hydrogen-bond acceptors (Lipinski definition) is 4. The zero-order valence-electron chi connectivity index (χ0n) is 10.4. The number of nitrogens with two attached hydrogens (primary N) is 1. The van der Waals surface area contributed by atoms with E-state index in [2.05, 4.69) is 17.1 Å². The highest BCUT2D eigenvalue weighted by Crippen LogP contribution is 2.40. The standard InChI is InChI=1S/C13H21N3O/c1-8-2-4-9(5-3-8)11(14)12-15-13(17-16-12)10-6-7-10/h8-11H,2-7,14H2,1H3. The van der Waals surface area contributed by atoms with E-state index >= 15 is 0 Å². The Kier molecular flexibility index (Phi) is 2.90. The summed E-state index contributed by atoms with van der Waals surface area (Å²) in [5.74, 6) is 3.45. The zero-order chi connectivity index (χ0) is 11.8. The molecule has 0 saturated heterocycles. The second-order valence-corrected chi connectivity index (χ2v) is 5.81. The van der Waals surface area contributed by atoms with Gasteiger partial charge < -0.3 is 10.3 Å². The largest absolute Gasteiger partial charge is 0.339 e. The Morgan fingerprint density at radius 1 is 1.18 bits per heavy atom. The van der Waals surface area contributed by atoms with Crippen molar-refractivity contribution < 1.29 is 4.52 Å². The Bertz CT molecular complexity index is 378. The third-order valence-electron chi connectivity index (χ3n) is 4.25. The summed E-state index contributed by atoms with van der Waals surface area (Å²) in [6.07, 6.45) is 7.36. The van der Waals surface area contributed by atoms with Gasteiger partial charge in [-0.1, -0.05) is 24.9 Å². The van der Waals surface area contributed by atoms with Crippen LogP contribution in [0.1, 0.15) is 69.1 Å². The average Bonchev–Trinajstić information content (AvgIpc) is 3.07. The summed E-state index contributed by atoms with van der Waals surface area (Å²) in [5, 5.41) is 4.06. The van der Waals surface area contributed by atoms with Crippen molar-refractivity contribution in [2.45, 2.75) is 57.4 Å². The molecule has 4 heteroatoms. The molecule has 1 aromatic rings. The zero-order valence-corrected chi connectivity index (χ0v) is 10.4. The van der Waals surface area contributed by atoms with Crippen molar-refractivity contribution in [3.63, 3.8) is 0 Å². The lowest BCUT2D eigenvalue weighted by Crippen LogP contribution is -2.26. The van der Waals surface area contributed by atoms with Crippen molar-refractivity contribution in [2.24, 2.45) is 17.6 Å². The third-order valence-corrected chi connectivity index (χ3v) is 4.25. The van der Waals surface area contributed by atoms with Crippen LogP contribution in [0.25, 0.3) is 0 Å². The van der Waals surface area contributed by atoms with Crippen LogP contribution in [0.2, 0.25) is 0 Å². The topological polar surface area (TPSA) is 64.9 Å². The molecule has 2 aliphatic rings. The summed E-state index contributed by atoms with van der Waals surface area (Å²) >= 11 is 0. The maximum absolute atomic E-state index is 6.26. The number of aromatic nitrogens is 2. The van der Waals surface area contributed by atoms with Crippen molar-refractivity contribution >= 4 is 0 Å². The molecule has 4 nitrogen and oxygen atoms in total. The predicted molar refractivity (Wildman–Crippen MR) is 64.3 cm³/mol. The highest BCUT2D eigenvalue weighted by molar-refractivity contribution is 5.04.